The SMILES string of the molecule is CCOCCCNC(=O)c1cc(NC(=O)Nc2ccccc2OCC)ccc1N1CCc2ccccc2C1. The average molecular weight is 517 g/mol. The Bertz CT molecular complexity index is 1250. The molecule has 8 heteroatoms. The zero-order chi connectivity index (χ0) is 26.7. The lowest BCUT2D eigenvalue weighted by atomic mass is 9.98. The third-order valence-corrected chi connectivity index (χ3v) is 6.36. The number of para-hydroxylation sites is 2. The molecule has 0 radical (unpaired) electrons. The molecule has 3 N–H and O–H groups in total. The molecular weight excluding hydrogens is 480 g/mol. The van der Waals surface area contributed by atoms with Gasteiger partial charge in [-0.15, -0.1) is 0 Å². The van der Waals surface area contributed by atoms with Crippen molar-refractivity contribution in [2.45, 2.75) is 33.2 Å². The molecule has 0 aliphatic carbocycles. The van der Waals surface area contributed by atoms with Crippen molar-refractivity contribution in [3.63, 3.8) is 0 Å². The number of hydrogen-bond acceptors (Lipinski definition) is 5. The molecule has 0 atom stereocenters. The predicted octanol–water partition coefficient (Wildman–Crippen LogP) is 5.45. The number of carbonyl (C=O) groups is 2. The van der Waals surface area contributed by atoms with Crippen LogP contribution in [0.2, 0.25) is 0 Å². The van der Waals surface area contributed by atoms with Gasteiger partial charge in [-0.3, -0.25) is 4.79 Å². The van der Waals surface area contributed by atoms with Crippen LogP contribution in [0.1, 0.15) is 41.8 Å². The van der Waals surface area contributed by atoms with E-state index in [-0.39, 0.29) is 5.91 Å². The van der Waals surface area contributed by atoms with Gasteiger partial charge in [0.2, 0.25) is 0 Å². The number of rotatable bonds is 11. The van der Waals surface area contributed by atoms with E-state index in [2.05, 4.69) is 39.0 Å². The Morgan fingerprint density at radius 2 is 1.71 bits per heavy atom. The minimum atomic E-state index is -0.417. The number of nitrogens with zero attached hydrogens (tertiary/aromatic N) is 1. The summed E-state index contributed by atoms with van der Waals surface area (Å²) in [5.74, 6) is 0.416. The molecule has 8 nitrogen and oxygen atoms in total. The second-order valence-corrected chi connectivity index (χ2v) is 8.99. The minimum Gasteiger partial charge on any atom is -0.492 e. The van der Waals surface area contributed by atoms with Crippen LogP contribution in [-0.2, 0) is 17.7 Å². The molecule has 3 amide bonds. The molecule has 0 unspecified atom stereocenters. The van der Waals surface area contributed by atoms with Crippen LogP contribution in [0.15, 0.2) is 66.7 Å². The first-order chi connectivity index (χ1) is 18.6. The number of anilines is 3. The van der Waals surface area contributed by atoms with Crippen LogP contribution in [0.3, 0.4) is 0 Å². The Kier molecular flexibility index (Phi) is 9.59. The van der Waals surface area contributed by atoms with Gasteiger partial charge in [-0.2, -0.15) is 0 Å². The summed E-state index contributed by atoms with van der Waals surface area (Å²) in [4.78, 5) is 28.3. The van der Waals surface area contributed by atoms with Crippen molar-refractivity contribution in [3.05, 3.63) is 83.4 Å². The number of carbonyl (C=O) groups excluding carboxylic acids is 2. The fourth-order valence-electron chi connectivity index (χ4n) is 4.52. The second kappa shape index (κ2) is 13.5. The van der Waals surface area contributed by atoms with E-state index in [0.717, 1.165) is 31.6 Å². The quantitative estimate of drug-likeness (QED) is 0.295. The van der Waals surface area contributed by atoms with E-state index < -0.39 is 6.03 Å². The molecule has 38 heavy (non-hydrogen) atoms. The molecule has 1 aliphatic heterocycles. The maximum Gasteiger partial charge on any atom is 0.323 e. The first-order valence-corrected chi connectivity index (χ1v) is 13.2. The van der Waals surface area contributed by atoms with Crippen molar-refractivity contribution in [1.29, 1.82) is 0 Å². The van der Waals surface area contributed by atoms with E-state index in [1.165, 1.54) is 11.1 Å². The van der Waals surface area contributed by atoms with E-state index >= 15 is 0 Å². The number of fused-ring (bicyclic) bond motifs is 1. The van der Waals surface area contributed by atoms with E-state index in [0.29, 0.717) is 49.1 Å². The summed E-state index contributed by atoms with van der Waals surface area (Å²) in [6.45, 7) is 7.62. The lowest BCUT2D eigenvalue weighted by Crippen LogP contribution is -2.33. The largest absolute Gasteiger partial charge is 0.492 e. The molecule has 0 aromatic heterocycles. The van der Waals surface area contributed by atoms with Gasteiger partial charge in [-0.05, 0) is 68.1 Å². The maximum absolute atomic E-state index is 13.3. The highest BCUT2D eigenvalue weighted by atomic mass is 16.5. The summed E-state index contributed by atoms with van der Waals surface area (Å²) < 4.78 is 11.0. The maximum atomic E-state index is 13.3. The van der Waals surface area contributed by atoms with Gasteiger partial charge >= 0.3 is 6.03 Å². The molecule has 4 rings (SSSR count). The Balaban J connectivity index is 1.52. The van der Waals surface area contributed by atoms with Gasteiger partial charge < -0.3 is 30.3 Å². The van der Waals surface area contributed by atoms with Gasteiger partial charge in [0.1, 0.15) is 5.75 Å². The highest BCUT2D eigenvalue weighted by molar-refractivity contribution is 6.04. The Hall–Kier alpha value is -4.04. The summed E-state index contributed by atoms with van der Waals surface area (Å²) in [5, 5.41) is 8.70. The third kappa shape index (κ3) is 7.04. The molecule has 3 aromatic carbocycles. The topological polar surface area (TPSA) is 91.9 Å². The molecule has 0 bridgehead atoms. The number of hydrogen-bond donors (Lipinski definition) is 3. The first-order valence-electron chi connectivity index (χ1n) is 13.2. The molecule has 0 fully saturated rings. The van der Waals surface area contributed by atoms with Crippen molar-refractivity contribution < 1.29 is 19.1 Å². The Labute approximate surface area is 224 Å². The predicted molar refractivity (Wildman–Crippen MR) is 151 cm³/mol. The fourth-order valence-corrected chi connectivity index (χ4v) is 4.52. The normalized spacial score (nSPS) is 12.4. The second-order valence-electron chi connectivity index (χ2n) is 8.99. The van der Waals surface area contributed by atoms with Crippen LogP contribution >= 0.6 is 0 Å². The van der Waals surface area contributed by atoms with Crippen molar-refractivity contribution in [3.8, 4) is 5.75 Å². The molecular formula is C30H36N4O4. The van der Waals surface area contributed by atoms with Crippen LogP contribution in [0, 0.1) is 0 Å². The van der Waals surface area contributed by atoms with E-state index in [1.54, 1.807) is 18.2 Å². The lowest BCUT2D eigenvalue weighted by molar-refractivity contribution is 0.0944. The van der Waals surface area contributed by atoms with Crippen molar-refractivity contribution in [2.24, 2.45) is 0 Å². The van der Waals surface area contributed by atoms with Gasteiger partial charge in [0, 0.05) is 44.2 Å². The zero-order valence-corrected chi connectivity index (χ0v) is 22.1. The van der Waals surface area contributed by atoms with Crippen LogP contribution < -0.4 is 25.6 Å². The van der Waals surface area contributed by atoms with Crippen molar-refractivity contribution >= 4 is 29.0 Å². The molecule has 200 valence electrons. The van der Waals surface area contributed by atoms with Gasteiger partial charge in [-0.25, -0.2) is 4.79 Å². The number of nitrogens with one attached hydrogen (secondary N) is 3. The minimum absolute atomic E-state index is 0.180. The highest BCUT2D eigenvalue weighted by Gasteiger charge is 2.22. The zero-order valence-electron chi connectivity index (χ0n) is 22.1. The molecule has 0 spiro atoms. The third-order valence-electron chi connectivity index (χ3n) is 6.36. The van der Waals surface area contributed by atoms with E-state index in [1.807, 2.05) is 44.2 Å². The fraction of sp³-hybridized carbons (Fsp3) is 0.333. The van der Waals surface area contributed by atoms with E-state index in [4.69, 9.17) is 9.47 Å². The number of urea groups is 1. The summed E-state index contributed by atoms with van der Waals surface area (Å²) in [6, 6.07) is 20.7. The first kappa shape index (κ1) is 27.0. The molecule has 1 aliphatic rings. The monoisotopic (exact) mass is 516 g/mol. The Morgan fingerprint density at radius 1 is 0.921 bits per heavy atom. The van der Waals surface area contributed by atoms with E-state index in [9.17, 15) is 9.59 Å². The van der Waals surface area contributed by atoms with Crippen LogP contribution in [0.5, 0.6) is 5.75 Å². The Morgan fingerprint density at radius 3 is 2.53 bits per heavy atom. The summed E-state index contributed by atoms with van der Waals surface area (Å²) >= 11 is 0. The van der Waals surface area contributed by atoms with Crippen molar-refractivity contribution in [2.75, 3.05) is 48.4 Å². The number of benzene rings is 3. The number of ether oxygens (including phenoxy) is 2. The molecule has 3 aromatic rings. The highest BCUT2D eigenvalue weighted by Crippen LogP contribution is 2.30. The van der Waals surface area contributed by atoms with Gasteiger partial charge in [0.25, 0.3) is 5.91 Å². The van der Waals surface area contributed by atoms with Gasteiger partial charge in [0.05, 0.1) is 17.9 Å². The average Bonchev–Trinajstić information content (AvgIpc) is 2.93. The molecule has 1 heterocycles. The summed E-state index contributed by atoms with van der Waals surface area (Å²) in [6.07, 6.45) is 1.64. The number of amides is 3. The molecule has 0 saturated heterocycles. The standard InChI is InChI=1S/C30H36N4O4/c1-3-37-19-9-17-31-29(35)25-20-24(32-30(36)33-26-12-7-8-13-28(26)38-4-2)14-15-27(25)34-18-16-22-10-5-6-11-23(22)21-34/h5-8,10-15,20H,3-4,9,16-19,21H2,1-2H3,(H,31,35)(H2,32,33,36). The van der Waals surface area contributed by atoms with Crippen LogP contribution in [0.4, 0.5) is 21.9 Å². The molecule has 0 saturated carbocycles. The smallest absolute Gasteiger partial charge is 0.323 e. The summed E-state index contributed by atoms with van der Waals surface area (Å²) in [5.41, 5.74) is 5.06. The van der Waals surface area contributed by atoms with Crippen LogP contribution in [0.25, 0.3) is 0 Å². The summed E-state index contributed by atoms with van der Waals surface area (Å²) in [7, 11) is 0. The van der Waals surface area contributed by atoms with Crippen molar-refractivity contribution in [1.82, 2.24) is 5.32 Å². The van der Waals surface area contributed by atoms with Gasteiger partial charge in [0.15, 0.2) is 0 Å². The van der Waals surface area contributed by atoms with Gasteiger partial charge in [-0.1, -0.05) is 36.4 Å². The van der Waals surface area contributed by atoms with Crippen LogP contribution in [-0.4, -0.2) is 44.8 Å². The lowest BCUT2D eigenvalue weighted by Gasteiger charge is -2.32.